The number of nitrogens with one attached hydrogen (secondary N) is 2. The van der Waals surface area contributed by atoms with Crippen LogP contribution in [0.1, 0.15) is 30.9 Å². The highest BCUT2D eigenvalue weighted by molar-refractivity contribution is 5.80. The Balaban J connectivity index is 2.05. The second-order valence-corrected chi connectivity index (χ2v) is 4.41. The number of aromatic amines is 1. The summed E-state index contributed by atoms with van der Waals surface area (Å²) in [6.45, 7) is 0.993. The second-order valence-electron chi connectivity index (χ2n) is 4.41. The van der Waals surface area contributed by atoms with Gasteiger partial charge < -0.3 is 10.3 Å². The summed E-state index contributed by atoms with van der Waals surface area (Å²) in [5.41, 5.74) is 1.43. The van der Waals surface area contributed by atoms with Crippen molar-refractivity contribution in [2.75, 3.05) is 6.54 Å². The minimum atomic E-state index is -0.0955. The molecule has 0 aliphatic carbocycles. The van der Waals surface area contributed by atoms with Crippen LogP contribution in [0.2, 0.25) is 0 Å². The number of H-pyrrole nitrogens is 1. The Morgan fingerprint density at radius 2 is 2.12 bits per heavy atom. The van der Waals surface area contributed by atoms with Crippen LogP contribution in [-0.2, 0) is 0 Å². The summed E-state index contributed by atoms with van der Waals surface area (Å²) in [6, 6.07) is 5.98. The highest BCUT2D eigenvalue weighted by atomic mass is 19.1. The van der Waals surface area contributed by atoms with Gasteiger partial charge in [-0.2, -0.15) is 0 Å². The predicted octanol–water partition coefficient (Wildman–Crippen LogP) is 3.12. The number of piperidine rings is 1. The van der Waals surface area contributed by atoms with Gasteiger partial charge in [0.2, 0.25) is 0 Å². The lowest BCUT2D eigenvalue weighted by Gasteiger charge is -2.24. The highest BCUT2D eigenvalue weighted by Crippen LogP contribution is 2.28. The summed E-state index contributed by atoms with van der Waals surface area (Å²) in [7, 11) is 0. The van der Waals surface area contributed by atoms with Gasteiger partial charge in [-0.25, -0.2) is 4.39 Å². The molecule has 84 valence electrons. The average molecular weight is 218 g/mol. The normalized spacial score (nSPS) is 21.4. The number of aromatic nitrogens is 1. The van der Waals surface area contributed by atoms with Crippen LogP contribution in [0.4, 0.5) is 4.39 Å². The Labute approximate surface area is 93.9 Å². The number of halogens is 1. The molecule has 2 heterocycles. The first-order valence-corrected chi connectivity index (χ1v) is 5.85. The molecule has 2 aromatic rings. The van der Waals surface area contributed by atoms with Gasteiger partial charge in [0.25, 0.3) is 0 Å². The third-order valence-electron chi connectivity index (χ3n) is 3.38. The fourth-order valence-corrected chi connectivity index (χ4v) is 2.49. The second kappa shape index (κ2) is 3.91. The molecule has 1 aliphatic heterocycles. The van der Waals surface area contributed by atoms with E-state index in [0.29, 0.717) is 5.52 Å². The molecule has 1 aromatic heterocycles. The lowest BCUT2D eigenvalue weighted by molar-refractivity contribution is 0.401. The minimum Gasteiger partial charge on any atom is -0.359 e. The van der Waals surface area contributed by atoms with E-state index in [0.717, 1.165) is 23.9 Å². The van der Waals surface area contributed by atoms with Crippen molar-refractivity contribution >= 4 is 10.9 Å². The average Bonchev–Trinajstić information content (AvgIpc) is 2.80. The van der Waals surface area contributed by atoms with Crippen LogP contribution in [0.3, 0.4) is 0 Å². The van der Waals surface area contributed by atoms with Gasteiger partial charge in [-0.15, -0.1) is 0 Å². The van der Waals surface area contributed by atoms with Crippen LogP contribution in [-0.4, -0.2) is 11.5 Å². The SMILES string of the molecule is Fc1c(C2CCCCN2)ccc2cc[nH]c12. The Kier molecular flexibility index (Phi) is 2.40. The van der Waals surface area contributed by atoms with Gasteiger partial charge in [0.05, 0.1) is 5.52 Å². The number of fused-ring (bicyclic) bond motifs is 1. The van der Waals surface area contributed by atoms with E-state index >= 15 is 0 Å². The van der Waals surface area contributed by atoms with E-state index in [-0.39, 0.29) is 11.9 Å². The van der Waals surface area contributed by atoms with Crippen LogP contribution in [0.25, 0.3) is 10.9 Å². The zero-order valence-electron chi connectivity index (χ0n) is 9.09. The molecule has 3 heteroatoms. The van der Waals surface area contributed by atoms with Crippen molar-refractivity contribution in [3.8, 4) is 0 Å². The van der Waals surface area contributed by atoms with Crippen molar-refractivity contribution in [3.05, 3.63) is 35.8 Å². The summed E-state index contributed by atoms with van der Waals surface area (Å²) < 4.78 is 14.2. The van der Waals surface area contributed by atoms with Crippen LogP contribution < -0.4 is 5.32 Å². The van der Waals surface area contributed by atoms with Crippen molar-refractivity contribution in [3.63, 3.8) is 0 Å². The van der Waals surface area contributed by atoms with E-state index < -0.39 is 0 Å². The summed E-state index contributed by atoms with van der Waals surface area (Å²) in [5, 5.41) is 4.32. The van der Waals surface area contributed by atoms with E-state index in [1.54, 1.807) is 6.20 Å². The smallest absolute Gasteiger partial charge is 0.151 e. The molecule has 0 amide bonds. The lowest BCUT2D eigenvalue weighted by atomic mass is 9.96. The zero-order valence-corrected chi connectivity index (χ0v) is 9.09. The molecule has 1 saturated heterocycles. The lowest BCUT2D eigenvalue weighted by Crippen LogP contribution is -2.27. The number of benzene rings is 1. The van der Waals surface area contributed by atoms with E-state index in [9.17, 15) is 4.39 Å². The van der Waals surface area contributed by atoms with Crippen LogP contribution in [0.5, 0.6) is 0 Å². The molecule has 2 nitrogen and oxygen atoms in total. The zero-order chi connectivity index (χ0) is 11.0. The van der Waals surface area contributed by atoms with Crippen LogP contribution in [0.15, 0.2) is 24.4 Å². The van der Waals surface area contributed by atoms with Gasteiger partial charge in [0.1, 0.15) is 0 Å². The first-order chi connectivity index (χ1) is 7.86. The van der Waals surface area contributed by atoms with Crippen molar-refractivity contribution in [1.82, 2.24) is 10.3 Å². The summed E-state index contributed by atoms with van der Waals surface area (Å²) >= 11 is 0. The number of hydrogen-bond acceptors (Lipinski definition) is 1. The van der Waals surface area contributed by atoms with Gasteiger partial charge in [-0.05, 0) is 25.5 Å². The Morgan fingerprint density at radius 1 is 1.19 bits per heavy atom. The van der Waals surface area contributed by atoms with Gasteiger partial charge in [-0.3, -0.25) is 0 Å². The van der Waals surface area contributed by atoms with E-state index in [4.69, 9.17) is 0 Å². The molecule has 0 radical (unpaired) electrons. The third-order valence-corrected chi connectivity index (χ3v) is 3.38. The fourth-order valence-electron chi connectivity index (χ4n) is 2.49. The standard InChI is InChI=1S/C13H15FN2/c14-12-10(11-3-1-2-7-15-11)5-4-9-6-8-16-13(9)12/h4-6,8,11,15-16H,1-3,7H2. The molecular formula is C13H15FN2. The van der Waals surface area contributed by atoms with Crippen molar-refractivity contribution in [2.45, 2.75) is 25.3 Å². The van der Waals surface area contributed by atoms with Gasteiger partial charge in [0.15, 0.2) is 5.82 Å². The summed E-state index contributed by atoms with van der Waals surface area (Å²) in [4.78, 5) is 2.96. The molecule has 16 heavy (non-hydrogen) atoms. The molecule has 1 fully saturated rings. The largest absolute Gasteiger partial charge is 0.359 e. The molecule has 1 atom stereocenters. The molecule has 0 spiro atoms. The Hall–Kier alpha value is -1.35. The molecule has 3 rings (SSSR count). The molecule has 0 bridgehead atoms. The molecule has 1 aliphatic rings. The number of hydrogen-bond donors (Lipinski definition) is 2. The summed E-state index contributed by atoms with van der Waals surface area (Å²) in [6.07, 6.45) is 5.19. The summed E-state index contributed by atoms with van der Waals surface area (Å²) in [5.74, 6) is -0.0955. The Morgan fingerprint density at radius 3 is 2.94 bits per heavy atom. The maximum atomic E-state index is 14.2. The fraction of sp³-hybridized carbons (Fsp3) is 0.385. The van der Waals surface area contributed by atoms with Crippen molar-refractivity contribution < 1.29 is 4.39 Å². The van der Waals surface area contributed by atoms with Gasteiger partial charge in [0, 0.05) is 23.2 Å². The molecule has 2 N–H and O–H groups in total. The highest BCUT2D eigenvalue weighted by Gasteiger charge is 2.19. The van der Waals surface area contributed by atoms with Gasteiger partial charge in [-0.1, -0.05) is 18.6 Å². The molecule has 1 unspecified atom stereocenters. The van der Waals surface area contributed by atoms with Crippen LogP contribution >= 0.6 is 0 Å². The molecule has 1 aromatic carbocycles. The minimum absolute atomic E-state index is 0.0955. The topological polar surface area (TPSA) is 27.8 Å². The van der Waals surface area contributed by atoms with Crippen molar-refractivity contribution in [1.29, 1.82) is 0 Å². The van der Waals surface area contributed by atoms with Gasteiger partial charge >= 0.3 is 0 Å². The van der Waals surface area contributed by atoms with Crippen LogP contribution in [0, 0.1) is 5.82 Å². The first-order valence-electron chi connectivity index (χ1n) is 5.85. The predicted molar refractivity (Wildman–Crippen MR) is 62.9 cm³/mol. The monoisotopic (exact) mass is 218 g/mol. The van der Waals surface area contributed by atoms with E-state index in [1.165, 1.54) is 12.8 Å². The van der Waals surface area contributed by atoms with E-state index in [2.05, 4.69) is 10.3 Å². The number of rotatable bonds is 1. The van der Waals surface area contributed by atoms with E-state index in [1.807, 2.05) is 18.2 Å². The quantitative estimate of drug-likeness (QED) is 0.756. The van der Waals surface area contributed by atoms with Crippen molar-refractivity contribution in [2.24, 2.45) is 0 Å². The molecular weight excluding hydrogens is 203 g/mol. The maximum Gasteiger partial charge on any atom is 0.151 e. The molecule has 0 saturated carbocycles. The third kappa shape index (κ3) is 1.52. The Bertz CT molecular complexity index is 498. The maximum absolute atomic E-state index is 14.2. The first kappa shape index (κ1) is 9.85.